The minimum atomic E-state index is -0.979. The lowest BCUT2D eigenvalue weighted by Gasteiger charge is -2.50. The molecule has 54 heavy (non-hydrogen) atoms. The molecule has 3 aliphatic heterocycles. The maximum atomic E-state index is 13.9. The van der Waals surface area contributed by atoms with E-state index in [2.05, 4.69) is 52.2 Å². The van der Waals surface area contributed by atoms with Crippen molar-refractivity contribution in [1.29, 1.82) is 0 Å². The van der Waals surface area contributed by atoms with Crippen molar-refractivity contribution in [2.24, 2.45) is 5.16 Å². The number of ether oxygens (including phenoxy) is 2. The zero-order chi connectivity index (χ0) is 38.0. The Morgan fingerprint density at radius 2 is 1.52 bits per heavy atom. The number of hydrogen-bond donors (Lipinski definition) is 2. The summed E-state index contributed by atoms with van der Waals surface area (Å²) >= 11 is 2.66. The number of carbonyl (C=O) groups excluding carboxylic acids is 4. The lowest BCUT2D eigenvalue weighted by molar-refractivity contribution is -0.159. The van der Waals surface area contributed by atoms with Gasteiger partial charge in [0.25, 0.3) is 11.8 Å². The van der Waals surface area contributed by atoms with E-state index in [0.717, 1.165) is 16.7 Å². The van der Waals surface area contributed by atoms with Crippen molar-refractivity contribution in [3.8, 4) is 0 Å². The van der Waals surface area contributed by atoms with Gasteiger partial charge in [-0.1, -0.05) is 96.2 Å². The summed E-state index contributed by atoms with van der Waals surface area (Å²) in [7, 11) is 1.33. The molecule has 14 heteroatoms. The molecule has 0 spiro atoms. The van der Waals surface area contributed by atoms with Crippen molar-refractivity contribution in [2.75, 3.05) is 18.2 Å². The molecule has 0 saturated carbocycles. The fourth-order valence-corrected chi connectivity index (χ4v) is 9.02. The van der Waals surface area contributed by atoms with Gasteiger partial charge in [-0.2, -0.15) is 0 Å². The molecule has 3 aromatic carbocycles. The van der Waals surface area contributed by atoms with Crippen molar-refractivity contribution in [1.82, 2.24) is 15.2 Å². The number of anilines is 1. The number of amides is 2. The number of esters is 2. The van der Waals surface area contributed by atoms with Crippen LogP contribution in [-0.4, -0.2) is 75.3 Å². The van der Waals surface area contributed by atoms with Crippen LogP contribution in [0.15, 0.2) is 113 Å². The summed E-state index contributed by atoms with van der Waals surface area (Å²) in [5.41, 5.74) is 1.96. The van der Waals surface area contributed by atoms with Crippen LogP contribution in [0.25, 0.3) is 0 Å². The van der Waals surface area contributed by atoms with Crippen LogP contribution in [-0.2, 0) is 39.0 Å². The van der Waals surface area contributed by atoms with Gasteiger partial charge < -0.3 is 24.9 Å². The molecule has 12 nitrogen and oxygen atoms in total. The van der Waals surface area contributed by atoms with Gasteiger partial charge in [-0.3, -0.25) is 19.3 Å². The third kappa shape index (κ3) is 7.10. The van der Waals surface area contributed by atoms with Crippen LogP contribution >= 0.6 is 23.1 Å². The fraction of sp³-hybridized carbons (Fsp3) is 0.300. The largest absolute Gasteiger partial charge is 0.458 e. The predicted molar refractivity (Wildman–Crippen MR) is 205 cm³/mol. The van der Waals surface area contributed by atoms with Crippen molar-refractivity contribution in [3.63, 3.8) is 0 Å². The Kier molecular flexibility index (Phi) is 10.3. The van der Waals surface area contributed by atoms with Crippen LogP contribution < -0.4 is 10.6 Å². The number of aromatic nitrogens is 1. The summed E-state index contributed by atoms with van der Waals surface area (Å²) < 4.78 is 11.2. The maximum Gasteiger partial charge on any atom is 0.355 e. The highest BCUT2D eigenvalue weighted by Crippen LogP contribution is 2.44. The number of cyclic esters (lactones) is 1. The lowest BCUT2D eigenvalue weighted by Crippen LogP contribution is -2.71. The van der Waals surface area contributed by atoms with Crippen molar-refractivity contribution < 1.29 is 33.5 Å². The van der Waals surface area contributed by atoms with Gasteiger partial charge in [-0.25, -0.2) is 9.78 Å². The molecule has 2 amide bonds. The Labute approximate surface area is 321 Å². The van der Waals surface area contributed by atoms with E-state index in [0.29, 0.717) is 22.9 Å². The molecular formula is C40H39N5O7S2. The van der Waals surface area contributed by atoms with Crippen molar-refractivity contribution in [2.45, 2.75) is 62.3 Å². The Bertz CT molecular complexity index is 2020. The predicted octanol–water partition coefficient (Wildman–Crippen LogP) is 5.60. The highest BCUT2D eigenvalue weighted by Gasteiger charge is 2.56. The second kappa shape index (κ2) is 15.1. The highest BCUT2D eigenvalue weighted by atomic mass is 32.2. The number of nitrogens with zero attached hydrogens (tertiary/aromatic N) is 3. The number of carbonyl (C=O) groups is 4. The monoisotopic (exact) mass is 765 g/mol. The van der Waals surface area contributed by atoms with E-state index in [1.807, 2.05) is 54.6 Å². The van der Waals surface area contributed by atoms with Crippen molar-refractivity contribution in [3.05, 3.63) is 130 Å². The van der Waals surface area contributed by atoms with E-state index in [1.165, 1.54) is 35.1 Å². The molecule has 3 aliphatic rings. The van der Waals surface area contributed by atoms with Gasteiger partial charge in [0.05, 0.1) is 0 Å². The molecule has 2 N–H and O–H groups in total. The second-order valence-corrected chi connectivity index (χ2v) is 15.9. The molecule has 4 heterocycles. The van der Waals surface area contributed by atoms with E-state index in [9.17, 15) is 19.2 Å². The molecular weight excluding hydrogens is 727 g/mol. The van der Waals surface area contributed by atoms with Crippen LogP contribution in [0, 0.1) is 0 Å². The first-order valence-corrected chi connectivity index (χ1v) is 19.4. The smallest absolute Gasteiger partial charge is 0.355 e. The number of thioether (sulfide) groups is 1. The number of benzene rings is 3. The normalized spacial score (nSPS) is 20.1. The molecule has 0 bridgehead atoms. The zero-order valence-electron chi connectivity index (χ0n) is 30.1. The van der Waals surface area contributed by atoms with E-state index in [-0.39, 0.29) is 29.5 Å². The SMILES string of the molecule is CO/N=C(\C(=O)N[C@@H]1C(=O)N2C(C(=O)OC(C)(C)C)=C([C@@H]3CCC(=O)O3)CS[C@H]12)c1csc(NC(c2ccccc2)(c2ccccc2)c2ccccc2)n1. The number of β-lactam (4-membered cyclic amide) rings is 1. The third-order valence-electron chi connectivity index (χ3n) is 9.21. The van der Waals surface area contributed by atoms with Gasteiger partial charge in [-0.15, -0.1) is 23.1 Å². The van der Waals surface area contributed by atoms with Crippen molar-refractivity contribution >= 4 is 57.7 Å². The number of oxime groups is 1. The summed E-state index contributed by atoms with van der Waals surface area (Å²) in [4.78, 5) is 64.4. The summed E-state index contributed by atoms with van der Waals surface area (Å²) in [5, 5.41) is 12.1. The molecule has 3 atom stereocenters. The minimum Gasteiger partial charge on any atom is -0.458 e. The first-order chi connectivity index (χ1) is 26.0. The number of thiazole rings is 1. The molecule has 0 unspecified atom stereocenters. The number of nitrogens with one attached hydrogen (secondary N) is 2. The third-order valence-corrected chi connectivity index (χ3v) is 11.3. The quantitative estimate of drug-likeness (QED) is 0.0650. The van der Waals surface area contributed by atoms with Crippen LogP contribution in [0.1, 0.15) is 56.0 Å². The molecule has 7 rings (SSSR count). The van der Waals surface area contributed by atoms with Gasteiger partial charge >= 0.3 is 11.9 Å². The summed E-state index contributed by atoms with van der Waals surface area (Å²) in [6, 6.07) is 29.2. The minimum absolute atomic E-state index is 0.0589. The summed E-state index contributed by atoms with van der Waals surface area (Å²) in [6.45, 7) is 5.20. The molecule has 4 aromatic rings. The van der Waals surface area contributed by atoms with Crippen LogP contribution in [0.4, 0.5) is 5.13 Å². The number of rotatable bonds is 11. The zero-order valence-corrected chi connectivity index (χ0v) is 31.7. The highest BCUT2D eigenvalue weighted by molar-refractivity contribution is 8.00. The Morgan fingerprint density at radius 3 is 2.04 bits per heavy atom. The van der Waals surface area contributed by atoms with Gasteiger partial charge in [-0.05, 0) is 43.9 Å². The fourth-order valence-electron chi connectivity index (χ4n) is 6.86. The maximum absolute atomic E-state index is 13.9. The van der Waals surface area contributed by atoms with E-state index >= 15 is 0 Å². The number of hydrogen-bond acceptors (Lipinski definition) is 12. The van der Waals surface area contributed by atoms with Gasteiger partial charge in [0.2, 0.25) is 0 Å². The Morgan fingerprint density at radius 1 is 0.926 bits per heavy atom. The average Bonchev–Trinajstić information content (AvgIpc) is 3.83. The Hall–Kier alpha value is -5.47. The number of fused-ring (bicyclic) bond motifs is 1. The van der Waals surface area contributed by atoms with Crippen LogP contribution in [0.2, 0.25) is 0 Å². The molecule has 2 fully saturated rings. The Balaban J connectivity index is 1.16. The first kappa shape index (κ1) is 36.9. The molecule has 0 radical (unpaired) electrons. The van der Waals surface area contributed by atoms with E-state index < -0.39 is 46.4 Å². The van der Waals surface area contributed by atoms with Crippen LogP contribution in [0.3, 0.4) is 0 Å². The van der Waals surface area contributed by atoms with Gasteiger partial charge in [0.1, 0.15) is 47.2 Å². The standard InChI is InChI=1S/C40H39N5O7S2/c1-39(2,3)52-37(49)33-27(29-20-21-30(46)51-29)22-53-36-32(35(48)45(33)36)42-34(47)31(44-50-4)28-23-54-38(41-28)43-40(24-14-8-5-9-15-24,25-16-10-6-11-17-25)26-18-12-7-13-19-26/h5-19,23,29,32,36H,20-22H2,1-4H3,(H,41,43)(H,42,47)/b44-31-/t29-,32+,36+/m0/s1. The topological polar surface area (TPSA) is 149 Å². The second-order valence-electron chi connectivity index (χ2n) is 13.9. The van der Waals surface area contributed by atoms with Gasteiger partial charge in [0.15, 0.2) is 10.8 Å². The molecule has 1 aromatic heterocycles. The average molecular weight is 766 g/mol. The molecule has 278 valence electrons. The lowest BCUT2D eigenvalue weighted by atomic mass is 9.77. The van der Waals surface area contributed by atoms with Gasteiger partial charge in [0, 0.05) is 23.1 Å². The first-order valence-electron chi connectivity index (χ1n) is 17.4. The van der Waals surface area contributed by atoms with E-state index in [1.54, 1.807) is 26.2 Å². The summed E-state index contributed by atoms with van der Waals surface area (Å²) in [5.74, 6) is -1.92. The van der Waals surface area contributed by atoms with Crippen LogP contribution in [0.5, 0.6) is 0 Å². The van der Waals surface area contributed by atoms with E-state index in [4.69, 9.17) is 19.3 Å². The summed E-state index contributed by atoms with van der Waals surface area (Å²) in [6.07, 6.45) is -0.0111. The molecule has 0 aliphatic carbocycles. The molecule has 2 saturated heterocycles.